The summed E-state index contributed by atoms with van der Waals surface area (Å²) in [5.74, 6) is -0.372. The third kappa shape index (κ3) is 6.07. The predicted octanol–water partition coefficient (Wildman–Crippen LogP) is 3.10. The minimum Gasteiger partial charge on any atom is -0.393 e. The molecule has 0 aromatic heterocycles. The van der Waals surface area contributed by atoms with E-state index >= 15 is 0 Å². The second-order valence-corrected chi connectivity index (χ2v) is 5.61. The molecule has 0 unspecified atom stereocenters. The third-order valence-corrected chi connectivity index (χ3v) is 2.90. The Morgan fingerprint density at radius 3 is 2.63 bits per heavy atom. The van der Waals surface area contributed by atoms with Gasteiger partial charge in [-0.2, -0.15) is 0 Å². The summed E-state index contributed by atoms with van der Waals surface area (Å²) in [4.78, 5) is 2.48. The van der Waals surface area contributed by atoms with Crippen molar-refractivity contribution in [3.63, 3.8) is 0 Å². The van der Waals surface area contributed by atoms with Crippen molar-refractivity contribution < 1.29 is 8.78 Å². The molecule has 19 heavy (non-hydrogen) atoms. The van der Waals surface area contributed by atoms with E-state index < -0.39 is 5.82 Å². The molecule has 1 aromatic rings. The monoisotopic (exact) mass is 286 g/mol. The van der Waals surface area contributed by atoms with Crippen LogP contribution in [0.5, 0.6) is 0 Å². The number of nitrogens with zero attached hydrogens (tertiary/aromatic N) is 1. The van der Waals surface area contributed by atoms with E-state index in [1.165, 1.54) is 6.07 Å². The van der Waals surface area contributed by atoms with Crippen LogP contribution >= 0.6 is 12.2 Å². The van der Waals surface area contributed by atoms with Gasteiger partial charge in [0.2, 0.25) is 0 Å². The number of thiocarbonyl (C=S) groups is 1. The molecule has 0 amide bonds. The molecule has 0 saturated carbocycles. The summed E-state index contributed by atoms with van der Waals surface area (Å²) in [6.45, 7) is 5.97. The van der Waals surface area contributed by atoms with Crippen LogP contribution in [0.1, 0.15) is 25.8 Å². The summed E-state index contributed by atoms with van der Waals surface area (Å²) in [6, 6.07) is 3.52. The van der Waals surface area contributed by atoms with Gasteiger partial charge in [-0.15, -0.1) is 0 Å². The van der Waals surface area contributed by atoms with Gasteiger partial charge in [0.15, 0.2) is 0 Å². The highest BCUT2D eigenvalue weighted by molar-refractivity contribution is 7.80. The van der Waals surface area contributed by atoms with E-state index in [0.717, 1.165) is 18.7 Å². The standard InChI is InChI=1S/C14H20F2N2S/c1-10(2)8-18(6-5-14(17)19)9-11-7-12(15)3-4-13(11)16/h3-4,7,10H,5-6,8-9H2,1-2H3,(H2,17,19). The average molecular weight is 286 g/mol. The maximum atomic E-state index is 13.6. The first-order valence-electron chi connectivity index (χ1n) is 6.33. The minimum atomic E-state index is -0.421. The van der Waals surface area contributed by atoms with E-state index in [1.807, 2.05) is 4.90 Å². The molecule has 0 saturated heterocycles. The van der Waals surface area contributed by atoms with Crippen molar-refractivity contribution in [1.29, 1.82) is 0 Å². The van der Waals surface area contributed by atoms with E-state index in [1.54, 1.807) is 0 Å². The SMILES string of the molecule is CC(C)CN(CCC(N)=S)Cc1cc(F)ccc1F. The largest absolute Gasteiger partial charge is 0.393 e. The van der Waals surface area contributed by atoms with Gasteiger partial charge in [-0.1, -0.05) is 26.1 Å². The molecule has 1 rings (SSSR count). The van der Waals surface area contributed by atoms with Gasteiger partial charge < -0.3 is 5.73 Å². The van der Waals surface area contributed by atoms with Crippen molar-refractivity contribution in [2.45, 2.75) is 26.8 Å². The van der Waals surface area contributed by atoms with Crippen molar-refractivity contribution in [2.75, 3.05) is 13.1 Å². The smallest absolute Gasteiger partial charge is 0.127 e. The van der Waals surface area contributed by atoms with Gasteiger partial charge in [-0.25, -0.2) is 8.78 Å². The fourth-order valence-corrected chi connectivity index (χ4v) is 2.02. The number of rotatable bonds is 7. The lowest BCUT2D eigenvalue weighted by molar-refractivity contribution is 0.239. The quantitative estimate of drug-likeness (QED) is 0.781. The van der Waals surface area contributed by atoms with Gasteiger partial charge in [-0.3, -0.25) is 4.90 Å². The molecule has 0 aliphatic heterocycles. The molecule has 0 aliphatic rings. The maximum absolute atomic E-state index is 13.6. The summed E-state index contributed by atoms with van der Waals surface area (Å²) in [5, 5.41) is 0. The highest BCUT2D eigenvalue weighted by Crippen LogP contribution is 2.14. The Labute approximate surface area is 118 Å². The van der Waals surface area contributed by atoms with Crippen molar-refractivity contribution in [3.8, 4) is 0 Å². The van der Waals surface area contributed by atoms with Gasteiger partial charge in [-0.05, 0) is 24.1 Å². The summed E-state index contributed by atoms with van der Waals surface area (Å²) >= 11 is 4.86. The number of hydrogen-bond donors (Lipinski definition) is 1. The molecule has 0 spiro atoms. The summed E-state index contributed by atoms with van der Waals surface area (Å²) in [6.07, 6.45) is 0.582. The molecule has 2 N–H and O–H groups in total. The Bertz CT molecular complexity index is 435. The average Bonchev–Trinajstić information content (AvgIpc) is 2.30. The first-order valence-corrected chi connectivity index (χ1v) is 6.74. The van der Waals surface area contributed by atoms with Crippen LogP contribution in [0.4, 0.5) is 8.78 Å². The molecule has 1 aromatic carbocycles. The third-order valence-electron chi connectivity index (χ3n) is 2.70. The van der Waals surface area contributed by atoms with E-state index in [-0.39, 0.29) is 5.82 Å². The molecule has 0 bridgehead atoms. The molecule has 5 heteroatoms. The molecular weight excluding hydrogens is 266 g/mol. The Hall–Kier alpha value is -1.07. The minimum absolute atomic E-state index is 0.364. The van der Waals surface area contributed by atoms with Crippen LogP contribution in [0, 0.1) is 17.6 Å². The zero-order chi connectivity index (χ0) is 14.4. The zero-order valence-corrected chi connectivity index (χ0v) is 12.1. The Morgan fingerprint density at radius 1 is 1.37 bits per heavy atom. The fraction of sp³-hybridized carbons (Fsp3) is 0.500. The predicted molar refractivity (Wildman–Crippen MR) is 77.9 cm³/mol. The number of nitrogens with two attached hydrogens (primary N) is 1. The van der Waals surface area contributed by atoms with Crippen LogP contribution in [0.3, 0.4) is 0 Å². The Balaban J connectivity index is 2.74. The summed E-state index contributed by atoms with van der Waals surface area (Å²) in [5.41, 5.74) is 5.85. The lowest BCUT2D eigenvalue weighted by Gasteiger charge is -2.24. The number of halogens is 2. The van der Waals surface area contributed by atoms with E-state index in [9.17, 15) is 8.78 Å². The lowest BCUT2D eigenvalue weighted by Crippen LogP contribution is -2.31. The second kappa shape index (κ2) is 7.50. The number of benzene rings is 1. The maximum Gasteiger partial charge on any atom is 0.127 e. The molecule has 106 valence electrons. The Kier molecular flexibility index (Phi) is 6.31. The molecule has 0 fully saturated rings. The van der Waals surface area contributed by atoms with Crippen LogP contribution in [-0.4, -0.2) is 23.0 Å². The van der Waals surface area contributed by atoms with Gasteiger partial charge >= 0.3 is 0 Å². The highest BCUT2D eigenvalue weighted by atomic mass is 32.1. The highest BCUT2D eigenvalue weighted by Gasteiger charge is 2.12. The van der Waals surface area contributed by atoms with Crippen LogP contribution in [-0.2, 0) is 6.54 Å². The topological polar surface area (TPSA) is 29.3 Å². The van der Waals surface area contributed by atoms with Gasteiger partial charge in [0.05, 0.1) is 4.99 Å². The summed E-state index contributed by atoms with van der Waals surface area (Å²) < 4.78 is 26.8. The van der Waals surface area contributed by atoms with Crippen molar-refractivity contribution in [3.05, 3.63) is 35.4 Å². The molecule has 0 aliphatic carbocycles. The Morgan fingerprint density at radius 2 is 2.05 bits per heavy atom. The zero-order valence-electron chi connectivity index (χ0n) is 11.3. The molecular formula is C14H20F2N2S. The van der Waals surface area contributed by atoms with E-state index in [2.05, 4.69) is 13.8 Å². The van der Waals surface area contributed by atoms with Crippen molar-refractivity contribution >= 4 is 17.2 Å². The van der Waals surface area contributed by atoms with E-state index in [4.69, 9.17) is 18.0 Å². The number of hydrogen-bond acceptors (Lipinski definition) is 2. The van der Waals surface area contributed by atoms with Crippen molar-refractivity contribution in [2.24, 2.45) is 11.7 Å². The lowest BCUT2D eigenvalue weighted by atomic mass is 10.1. The van der Waals surface area contributed by atoms with Gasteiger partial charge in [0, 0.05) is 31.6 Å². The normalized spacial score (nSPS) is 11.3. The first-order chi connectivity index (χ1) is 8.88. The molecule has 0 atom stereocenters. The summed E-state index contributed by atoms with van der Waals surface area (Å²) in [7, 11) is 0. The van der Waals surface area contributed by atoms with Crippen molar-refractivity contribution in [1.82, 2.24) is 4.90 Å². The van der Waals surface area contributed by atoms with Crippen LogP contribution < -0.4 is 5.73 Å². The van der Waals surface area contributed by atoms with Crippen LogP contribution in [0.2, 0.25) is 0 Å². The van der Waals surface area contributed by atoms with Gasteiger partial charge in [0.1, 0.15) is 11.6 Å². The second-order valence-electron chi connectivity index (χ2n) is 5.08. The van der Waals surface area contributed by atoms with E-state index in [0.29, 0.717) is 36.0 Å². The molecule has 0 radical (unpaired) electrons. The molecule has 2 nitrogen and oxygen atoms in total. The van der Waals surface area contributed by atoms with Crippen LogP contribution in [0.25, 0.3) is 0 Å². The van der Waals surface area contributed by atoms with Crippen LogP contribution in [0.15, 0.2) is 18.2 Å². The molecule has 0 heterocycles. The first kappa shape index (κ1) is 16.0. The fourth-order valence-electron chi connectivity index (χ4n) is 1.92. The van der Waals surface area contributed by atoms with Gasteiger partial charge in [0.25, 0.3) is 0 Å².